The van der Waals surface area contributed by atoms with Crippen LogP contribution in [0.3, 0.4) is 0 Å². The summed E-state index contributed by atoms with van der Waals surface area (Å²) in [6, 6.07) is 56.3. The van der Waals surface area contributed by atoms with Crippen LogP contribution in [0.5, 0.6) is 0 Å². The first-order valence-electron chi connectivity index (χ1n) is 15.5. The Morgan fingerprint density at radius 1 is 0.378 bits per heavy atom. The number of hydrogen-bond donors (Lipinski definition) is 0. The molecule has 2 heterocycles. The van der Waals surface area contributed by atoms with E-state index in [0.29, 0.717) is 0 Å². The first-order valence-corrected chi connectivity index (χ1v) is 18.5. The molecule has 0 saturated carbocycles. The molecular formula is C42H32N2Si. The lowest BCUT2D eigenvalue weighted by molar-refractivity contribution is 1.20. The second-order valence-electron chi connectivity index (χ2n) is 12.3. The summed E-state index contributed by atoms with van der Waals surface area (Å²) in [6.45, 7) is 4.88. The summed E-state index contributed by atoms with van der Waals surface area (Å²) < 4.78 is 0. The molecule has 2 nitrogen and oxygen atoms in total. The zero-order valence-corrected chi connectivity index (χ0v) is 26.4. The summed E-state index contributed by atoms with van der Waals surface area (Å²) in [5.41, 5.74) is 12.6. The highest BCUT2D eigenvalue weighted by Crippen LogP contribution is 2.37. The molecule has 0 unspecified atom stereocenters. The van der Waals surface area contributed by atoms with Crippen LogP contribution in [0.4, 0.5) is 0 Å². The van der Waals surface area contributed by atoms with E-state index < -0.39 is 8.07 Å². The average Bonchev–Trinajstić information content (AvgIpc) is 3.35. The Balaban J connectivity index is 1.40. The van der Waals surface area contributed by atoms with Gasteiger partial charge in [-0.25, -0.2) is 9.97 Å². The fraction of sp³-hybridized carbons (Fsp3) is 0.0476. The van der Waals surface area contributed by atoms with E-state index in [0.717, 1.165) is 39.5 Å². The molecule has 0 spiro atoms. The van der Waals surface area contributed by atoms with E-state index in [9.17, 15) is 0 Å². The minimum atomic E-state index is -2.08. The topological polar surface area (TPSA) is 25.8 Å². The third-order valence-corrected chi connectivity index (χ3v) is 12.5. The van der Waals surface area contributed by atoms with Gasteiger partial charge in [0.15, 0.2) is 5.82 Å². The molecule has 7 aromatic rings. The number of benzene rings is 6. The van der Waals surface area contributed by atoms with Gasteiger partial charge in [-0.3, -0.25) is 0 Å². The van der Waals surface area contributed by atoms with E-state index in [-0.39, 0.29) is 0 Å². The molecule has 8 rings (SSSR count). The van der Waals surface area contributed by atoms with Gasteiger partial charge in [-0.15, -0.1) is 0 Å². The van der Waals surface area contributed by atoms with Gasteiger partial charge in [0.2, 0.25) is 0 Å². The van der Waals surface area contributed by atoms with Crippen LogP contribution < -0.4 is 10.4 Å². The van der Waals surface area contributed by atoms with Crippen molar-refractivity contribution in [3.05, 3.63) is 158 Å². The van der Waals surface area contributed by atoms with E-state index in [2.05, 4.69) is 171 Å². The van der Waals surface area contributed by atoms with Crippen LogP contribution in [0.15, 0.2) is 158 Å². The number of fused-ring (bicyclic) bond motifs is 3. The zero-order valence-electron chi connectivity index (χ0n) is 25.4. The summed E-state index contributed by atoms with van der Waals surface area (Å²) in [5.74, 6) is 0.755. The number of aromatic nitrogens is 2. The van der Waals surface area contributed by atoms with Crippen molar-refractivity contribution in [3.8, 4) is 67.3 Å². The molecule has 0 N–H and O–H groups in total. The highest BCUT2D eigenvalue weighted by Gasteiger charge is 2.41. The van der Waals surface area contributed by atoms with Crippen molar-refractivity contribution in [1.29, 1.82) is 0 Å². The van der Waals surface area contributed by atoms with Gasteiger partial charge >= 0.3 is 0 Å². The van der Waals surface area contributed by atoms with Gasteiger partial charge in [-0.05, 0) is 73.6 Å². The standard InChI is InChI=1S/C42H32N2Si/c1-45(2)38-24-13-12-23-37(38)40-41(45)39(33-22-14-21-32(25-33)29-15-6-3-7-16-29)43-42(44-40)36-27-34(30-17-8-4-9-18-30)26-35(28-36)31-19-10-5-11-20-31/h3-28H,1-2H3. The highest BCUT2D eigenvalue weighted by molar-refractivity contribution is 7.04. The normalized spacial score (nSPS) is 12.8. The van der Waals surface area contributed by atoms with Gasteiger partial charge in [0, 0.05) is 11.1 Å². The Bertz CT molecular complexity index is 2110. The minimum Gasteiger partial charge on any atom is -0.228 e. The fourth-order valence-electron chi connectivity index (χ4n) is 6.78. The van der Waals surface area contributed by atoms with Gasteiger partial charge in [0.1, 0.15) is 8.07 Å². The molecule has 0 fully saturated rings. The third-order valence-electron chi connectivity index (χ3n) is 9.04. The maximum absolute atomic E-state index is 5.49. The molecule has 0 amide bonds. The van der Waals surface area contributed by atoms with Crippen molar-refractivity contribution in [2.24, 2.45) is 0 Å². The van der Waals surface area contributed by atoms with E-state index in [1.807, 2.05) is 0 Å². The van der Waals surface area contributed by atoms with Crippen molar-refractivity contribution in [1.82, 2.24) is 9.97 Å². The molecule has 0 bridgehead atoms. The van der Waals surface area contributed by atoms with Crippen LogP contribution in [0.1, 0.15) is 0 Å². The van der Waals surface area contributed by atoms with E-state index in [4.69, 9.17) is 9.97 Å². The first kappa shape index (κ1) is 27.2. The first-order chi connectivity index (χ1) is 22.1. The summed E-state index contributed by atoms with van der Waals surface area (Å²) in [5, 5.41) is 2.75. The van der Waals surface area contributed by atoms with E-state index >= 15 is 0 Å². The molecule has 1 aromatic heterocycles. The molecule has 45 heavy (non-hydrogen) atoms. The number of rotatable bonds is 5. The van der Waals surface area contributed by atoms with Crippen molar-refractivity contribution in [3.63, 3.8) is 0 Å². The number of nitrogens with zero attached hydrogens (tertiary/aromatic N) is 2. The lowest BCUT2D eigenvalue weighted by atomic mass is 9.95. The Labute approximate surface area is 265 Å². The SMILES string of the molecule is C[Si]1(C)c2ccccc2-c2nc(-c3cc(-c4ccccc4)cc(-c4ccccc4)c3)nc(-c3cccc(-c4ccccc4)c3)c21. The number of hydrogen-bond acceptors (Lipinski definition) is 2. The summed E-state index contributed by atoms with van der Waals surface area (Å²) in [6.07, 6.45) is 0. The molecule has 3 heteroatoms. The van der Waals surface area contributed by atoms with Crippen molar-refractivity contribution in [2.45, 2.75) is 13.1 Å². The summed E-state index contributed by atoms with van der Waals surface area (Å²) in [7, 11) is -2.08. The van der Waals surface area contributed by atoms with Crippen LogP contribution in [0.2, 0.25) is 13.1 Å². The van der Waals surface area contributed by atoms with Crippen molar-refractivity contribution in [2.75, 3.05) is 0 Å². The zero-order chi connectivity index (χ0) is 30.4. The highest BCUT2D eigenvalue weighted by atomic mass is 28.3. The molecule has 1 aliphatic heterocycles. The van der Waals surface area contributed by atoms with Gasteiger partial charge < -0.3 is 0 Å². The molecule has 0 saturated heterocycles. The monoisotopic (exact) mass is 592 g/mol. The average molecular weight is 593 g/mol. The predicted molar refractivity (Wildman–Crippen MR) is 191 cm³/mol. The maximum Gasteiger partial charge on any atom is 0.160 e. The molecule has 1 aliphatic rings. The largest absolute Gasteiger partial charge is 0.228 e. The molecule has 214 valence electrons. The molecule has 0 aliphatic carbocycles. The smallest absolute Gasteiger partial charge is 0.160 e. The lowest BCUT2D eigenvalue weighted by Gasteiger charge is -2.22. The Morgan fingerprint density at radius 2 is 0.822 bits per heavy atom. The summed E-state index contributed by atoms with van der Waals surface area (Å²) >= 11 is 0. The molecule has 0 radical (unpaired) electrons. The van der Waals surface area contributed by atoms with Crippen LogP contribution in [-0.4, -0.2) is 18.0 Å². The van der Waals surface area contributed by atoms with E-state index in [1.54, 1.807) is 0 Å². The second-order valence-corrected chi connectivity index (χ2v) is 16.6. The van der Waals surface area contributed by atoms with Crippen LogP contribution in [0, 0.1) is 0 Å². The maximum atomic E-state index is 5.49. The predicted octanol–water partition coefficient (Wildman–Crippen LogP) is 9.61. The molecular weight excluding hydrogens is 561 g/mol. The van der Waals surface area contributed by atoms with Gasteiger partial charge in [-0.2, -0.15) is 0 Å². The van der Waals surface area contributed by atoms with Gasteiger partial charge in [-0.1, -0.05) is 147 Å². The Morgan fingerprint density at radius 3 is 1.44 bits per heavy atom. The van der Waals surface area contributed by atoms with Crippen molar-refractivity contribution >= 4 is 18.4 Å². The van der Waals surface area contributed by atoms with Crippen molar-refractivity contribution < 1.29 is 0 Å². The Hall–Kier alpha value is -5.38. The lowest BCUT2D eigenvalue weighted by Crippen LogP contribution is -2.50. The second kappa shape index (κ2) is 11.0. The molecule has 6 aromatic carbocycles. The van der Waals surface area contributed by atoms with Crippen LogP contribution in [-0.2, 0) is 0 Å². The Kier molecular flexibility index (Phi) is 6.62. The van der Waals surface area contributed by atoms with E-state index in [1.165, 1.54) is 38.2 Å². The van der Waals surface area contributed by atoms with Gasteiger partial charge in [0.05, 0.1) is 11.4 Å². The molecule has 0 atom stereocenters. The fourth-order valence-corrected chi connectivity index (χ4v) is 10.0. The third kappa shape index (κ3) is 4.82. The minimum absolute atomic E-state index is 0.755. The van der Waals surface area contributed by atoms with Gasteiger partial charge in [0.25, 0.3) is 0 Å². The van der Waals surface area contributed by atoms with Crippen LogP contribution in [0.25, 0.3) is 67.3 Å². The summed E-state index contributed by atoms with van der Waals surface area (Å²) in [4.78, 5) is 10.9. The van der Waals surface area contributed by atoms with Crippen LogP contribution >= 0.6 is 0 Å². The quantitative estimate of drug-likeness (QED) is 0.186.